The summed E-state index contributed by atoms with van der Waals surface area (Å²) >= 11 is 0. The van der Waals surface area contributed by atoms with Crippen molar-refractivity contribution < 1.29 is 0 Å². The van der Waals surface area contributed by atoms with Gasteiger partial charge in [0.1, 0.15) is 0 Å². The normalized spacial score (nSPS) is 10.7. The van der Waals surface area contributed by atoms with Crippen molar-refractivity contribution in [3.63, 3.8) is 0 Å². The van der Waals surface area contributed by atoms with Crippen LogP contribution in [0.2, 0.25) is 0 Å². The minimum Gasteiger partial charge on any atom is -0.268 e. The minimum atomic E-state index is 1.02. The zero-order valence-electron chi connectivity index (χ0n) is 6.50. The highest BCUT2D eigenvalue weighted by molar-refractivity contribution is 5.80. The molecule has 0 N–H and O–H groups in total. The first-order valence-electron chi connectivity index (χ1n) is 3.44. The summed E-state index contributed by atoms with van der Waals surface area (Å²) in [7, 11) is 1.92. The van der Waals surface area contributed by atoms with Crippen LogP contribution in [0.15, 0.2) is 12.3 Å². The number of aromatic nitrogens is 3. The SMILES string of the molecule is Cc1nn(C)c2c[c]ncc12. The fraction of sp³-hybridized carbons (Fsp3) is 0.250. The van der Waals surface area contributed by atoms with Gasteiger partial charge in [0.25, 0.3) is 0 Å². The van der Waals surface area contributed by atoms with Gasteiger partial charge in [0.05, 0.1) is 17.4 Å². The number of nitrogens with zero attached hydrogens (tertiary/aromatic N) is 3. The predicted molar refractivity (Wildman–Crippen MR) is 42.1 cm³/mol. The first-order chi connectivity index (χ1) is 5.29. The molecule has 2 aromatic heterocycles. The summed E-state index contributed by atoms with van der Waals surface area (Å²) in [5, 5.41) is 5.35. The molecule has 2 aromatic rings. The molecule has 0 aliphatic carbocycles. The molecule has 0 aromatic carbocycles. The van der Waals surface area contributed by atoms with Gasteiger partial charge in [-0.15, -0.1) is 0 Å². The van der Waals surface area contributed by atoms with Crippen LogP contribution < -0.4 is 0 Å². The van der Waals surface area contributed by atoms with E-state index in [-0.39, 0.29) is 0 Å². The average molecular weight is 146 g/mol. The highest BCUT2D eigenvalue weighted by atomic mass is 15.3. The quantitative estimate of drug-likeness (QED) is 0.556. The van der Waals surface area contributed by atoms with Crippen molar-refractivity contribution in [3.05, 3.63) is 24.2 Å². The molecule has 3 nitrogen and oxygen atoms in total. The molecule has 0 bridgehead atoms. The molecule has 11 heavy (non-hydrogen) atoms. The van der Waals surface area contributed by atoms with E-state index in [2.05, 4.69) is 16.3 Å². The van der Waals surface area contributed by atoms with Crippen LogP contribution in [0.25, 0.3) is 10.9 Å². The molecule has 0 atom stereocenters. The van der Waals surface area contributed by atoms with Crippen molar-refractivity contribution in [1.29, 1.82) is 0 Å². The van der Waals surface area contributed by atoms with Crippen molar-refractivity contribution in [2.45, 2.75) is 6.92 Å². The van der Waals surface area contributed by atoms with Crippen molar-refractivity contribution in [3.8, 4) is 0 Å². The lowest BCUT2D eigenvalue weighted by Gasteiger charge is -1.89. The molecule has 0 saturated carbocycles. The molecule has 0 aliphatic heterocycles. The van der Waals surface area contributed by atoms with Crippen molar-refractivity contribution in [2.75, 3.05) is 0 Å². The number of hydrogen-bond acceptors (Lipinski definition) is 2. The van der Waals surface area contributed by atoms with E-state index >= 15 is 0 Å². The van der Waals surface area contributed by atoms with Gasteiger partial charge < -0.3 is 0 Å². The Hall–Kier alpha value is -1.38. The Kier molecular flexibility index (Phi) is 1.18. The summed E-state index contributed by atoms with van der Waals surface area (Å²) in [5.41, 5.74) is 2.10. The number of rotatable bonds is 0. The Morgan fingerprint density at radius 2 is 2.36 bits per heavy atom. The smallest absolute Gasteiger partial charge is 0.0908 e. The lowest BCUT2D eigenvalue weighted by molar-refractivity contribution is 0.783. The van der Waals surface area contributed by atoms with E-state index in [1.165, 1.54) is 0 Å². The predicted octanol–water partition coefficient (Wildman–Crippen LogP) is 1.08. The van der Waals surface area contributed by atoms with Crippen LogP contribution in [0, 0.1) is 13.1 Å². The molecule has 0 amide bonds. The molecule has 0 spiro atoms. The van der Waals surface area contributed by atoms with E-state index in [1.807, 2.05) is 24.7 Å². The summed E-state index contributed by atoms with van der Waals surface area (Å²) in [5.74, 6) is 0. The van der Waals surface area contributed by atoms with Crippen LogP contribution in [0.3, 0.4) is 0 Å². The summed E-state index contributed by atoms with van der Waals surface area (Å²) in [6.07, 6.45) is 4.57. The van der Waals surface area contributed by atoms with E-state index in [4.69, 9.17) is 0 Å². The van der Waals surface area contributed by atoms with Crippen molar-refractivity contribution in [2.24, 2.45) is 7.05 Å². The molecule has 0 aliphatic rings. The fourth-order valence-electron chi connectivity index (χ4n) is 1.22. The third-order valence-electron chi connectivity index (χ3n) is 1.78. The summed E-state index contributed by atoms with van der Waals surface area (Å²) < 4.78 is 1.84. The van der Waals surface area contributed by atoms with E-state index < -0.39 is 0 Å². The number of pyridine rings is 1. The van der Waals surface area contributed by atoms with Gasteiger partial charge >= 0.3 is 0 Å². The van der Waals surface area contributed by atoms with E-state index in [0.29, 0.717) is 0 Å². The lowest BCUT2D eigenvalue weighted by Crippen LogP contribution is -1.88. The van der Waals surface area contributed by atoms with Crippen LogP contribution >= 0.6 is 0 Å². The molecule has 2 heterocycles. The number of hydrogen-bond donors (Lipinski definition) is 0. The zero-order chi connectivity index (χ0) is 7.84. The van der Waals surface area contributed by atoms with Crippen LogP contribution in [-0.2, 0) is 7.05 Å². The molecule has 1 radical (unpaired) electrons. The maximum Gasteiger partial charge on any atom is 0.0908 e. The second kappa shape index (κ2) is 2.05. The van der Waals surface area contributed by atoms with Crippen molar-refractivity contribution >= 4 is 10.9 Å². The summed E-state index contributed by atoms with van der Waals surface area (Å²) in [6.45, 7) is 1.98. The molecule has 3 heteroatoms. The highest BCUT2D eigenvalue weighted by Gasteiger charge is 2.01. The third kappa shape index (κ3) is 0.808. The second-order valence-electron chi connectivity index (χ2n) is 2.54. The van der Waals surface area contributed by atoms with Gasteiger partial charge in [-0.3, -0.25) is 9.67 Å². The Bertz CT molecular complexity index is 353. The average Bonchev–Trinajstić information content (AvgIpc) is 2.30. The Morgan fingerprint density at radius 3 is 3.09 bits per heavy atom. The zero-order valence-corrected chi connectivity index (χ0v) is 6.50. The Balaban J connectivity index is 2.95. The first kappa shape index (κ1) is 6.34. The maximum absolute atomic E-state index is 4.25. The standard InChI is InChI=1S/C8H8N3/c1-6-7-5-9-4-3-8(7)11(2)10-6/h3,5H,1-2H3. The van der Waals surface area contributed by atoms with Crippen LogP contribution in [0.5, 0.6) is 0 Å². The van der Waals surface area contributed by atoms with E-state index in [1.54, 1.807) is 6.20 Å². The van der Waals surface area contributed by atoms with Gasteiger partial charge in [0.15, 0.2) is 0 Å². The van der Waals surface area contributed by atoms with Crippen LogP contribution in [-0.4, -0.2) is 14.8 Å². The highest BCUT2D eigenvalue weighted by Crippen LogP contribution is 2.13. The van der Waals surface area contributed by atoms with E-state index in [0.717, 1.165) is 16.6 Å². The molecule has 0 unspecified atom stereocenters. The molecular formula is C8H8N3. The van der Waals surface area contributed by atoms with Gasteiger partial charge in [-0.25, -0.2) is 0 Å². The Morgan fingerprint density at radius 1 is 1.55 bits per heavy atom. The monoisotopic (exact) mass is 146 g/mol. The fourth-order valence-corrected chi connectivity index (χ4v) is 1.22. The summed E-state index contributed by atoms with van der Waals surface area (Å²) in [6, 6.07) is 1.84. The topological polar surface area (TPSA) is 30.7 Å². The molecule has 0 fully saturated rings. The van der Waals surface area contributed by atoms with Gasteiger partial charge in [0, 0.05) is 18.6 Å². The molecular weight excluding hydrogens is 138 g/mol. The van der Waals surface area contributed by atoms with Gasteiger partial charge in [-0.2, -0.15) is 5.10 Å². The van der Waals surface area contributed by atoms with Gasteiger partial charge in [0.2, 0.25) is 0 Å². The third-order valence-corrected chi connectivity index (χ3v) is 1.78. The second-order valence-corrected chi connectivity index (χ2v) is 2.54. The van der Waals surface area contributed by atoms with Crippen molar-refractivity contribution in [1.82, 2.24) is 14.8 Å². The van der Waals surface area contributed by atoms with Gasteiger partial charge in [-0.05, 0) is 13.0 Å². The molecule has 55 valence electrons. The minimum absolute atomic E-state index is 1.02. The summed E-state index contributed by atoms with van der Waals surface area (Å²) in [4.78, 5) is 3.91. The van der Waals surface area contributed by atoms with Crippen LogP contribution in [0.4, 0.5) is 0 Å². The number of aryl methyl sites for hydroxylation is 2. The maximum atomic E-state index is 4.25. The molecule has 2 rings (SSSR count). The Labute approximate surface area is 64.7 Å². The number of fused-ring (bicyclic) bond motifs is 1. The largest absolute Gasteiger partial charge is 0.268 e. The lowest BCUT2D eigenvalue weighted by atomic mass is 10.3. The van der Waals surface area contributed by atoms with E-state index in [9.17, 15) is 0 Å². The molecule has 0 saturated heterocycles. The van der Waals surface area contributed by atoms with Crippen LogP contribution in [0.1, 0.15) is 5.69 Å². The first-order valence-corrected chi connectivity index (χ1v) is 3.44. The van der Waals surface area contributed by atoms with Gasteiger partial charge in [-0.1, -0.05) is 0 Å².